The topological polar surface area (TPSA) is 76.2 Å². The first-order valence-corrected chi connectivity index (χ1v) is 5.80. The minimum Gasteiger partial charge on any atom is -0.481 e. The molecular formula is C11H14N2O3. The Morgan fingerprint density at radius 1 is 1.25 bits per heavy atom. The molecule has 2 unspecified atom stereocenters. The average Bonchev–Trinajstić information content (AvgIpc) is 2.83. The SMILES string of the molecule is O=C(O)C1CCC(c2nc(C3CC3)no2)C1. The summed E-state index contributed by atoms with van der Waals surface area (Å²) >= 11 is 0. The molecule has 5 heteroatoms. The lowest BCUT2D eigenvalue weighted by atomic mass is 10.1. The maximum Gasteiger partial charge on any atom is 0.306 e. The van der Waals surface area contributed by atoms with Gasteiger partial charge in [0.2, 0.25) is 5.89 Å². The molecule has 1 N–H and O–H groups in total. The van der Waals surface area contributed by atoms with Crippen LogP contribution in [0.2, 0.25) is 0 Å². The van der Waals surface area contributed by atoms with E-state index in [1.165, 1.54) is 0 Å². The van der Waals surface area contributed by atoms with Crippen LogP contribution in [0.15, 0.2) is 4.52 Å². The molecule has 0 amide bonds. The predicted octanol–water partition coefficient (Wildman–Crippen LogP) is 1.92. The number of carbonyl (C=O) groups is 1. The molecule has 2 atom stereocenters. The lowest BCUT2D eigenvalue weighted by Gasteiger charge is -2.02. The van der Waals surface area contributed by atoms with Crippen LogP contribution in [-0.4, -0.2) is 21.2 Å². The predicted molar refractivity (Wildman–Crippen MR) is 54.0 cm³/mol. The van der Waals surface area contributed by atoms with E-state index >= 15 is 0 Å². The van der Waals surface area contributed by atoms with Crippen molar-refractivity contribution in [3.8, 4) is 0 Å². The summed E-state index contributed by atoms with van der Waals surface area (Å²) in [7, 11) is 0. The van der Waals surface area contributed by atoms with Gasteiger partial charge in [-0.25, -0.2) is 0 Å². The van der Waals surface area contributed by atoms with E-state index < -0.39 is 5.97 Å². The average molecular weight is 222 g/mol. The Hall–Kier alpha value is -1.39. The fourth-order valence-electron chi connectivity index (χ4n) is 2.35. The van der Waals surface area contributed by atoms with Gasteiger partial charge in [-0.2, -0.15) is 4.98 Å². The second kappa shape index (κ2) is 3.57. The number of hydrogen-bond acceptors (Lipinski definition) is 4. The number of nitrogens with zero attached hydrogens (tertiary/aromatic N) is 2. The van der Waals surface area contributed by atoms with Crippen LogP contribution in [0, 0.1) is 5.92 Å². The van der Waals surface area contributed by atoms with Gasteiger partial charge in [0.15, 0.2) is 5.82 Å². The van der Waals surface area contributed by atoms with Crippen molar-refractivity contribution in [3.05, 3.63) is 11.7 Å². The molecule has 0 bridgehead atoms. The molecule has 1 aromatic rings. The Bertz CT molecular complexity index is 411. The van der Waals surface area contributed by atoms with Crippen LogP contribution in [0.3, 0.4) is 0 Å². The molecule has 0 radical (unpaired) electrons. The van der Waals surface area contributed by atoms with Crippen LogP contribution >= 0.6 is 0 Å². The summed E-state index contributed by atoms with van der Waals surface area (Å²) in [5.41, 5.74) is 0. The number of carboxylic acid groups (broad SMARTS) is 1. The van der Waals surface area contributed by atoms with E-state index in [2.05, 4.69) is 10.1 Å². The van der Waals surface area contributed by atoms with E-state index in [0.717, 1.165) is 31.5 Å². The molecule has 1 aromatic heterocycles. The molecule has 1 heterocycles. The second-order valence-electron chi connectivity index (χ2n) is 4.81. The maximum atomic E-state index is 10.8. The summed E-state index contributed by atoms with van der Waals surface area (Å²) in [5.74, 6) is 1.17. The van der Waals surface area contributed by atoms with E-state index in [1.54, 1.807) is 0 Å². The highest BCUT2D eigenvalue weighted by atomic mass is 16.5. The molecule has 3 rings (SSSR count). The van der Waals surface area contributed by atoms with E-state index in [-0.39, 0.29) is 11.8 Å². The normalized spacial score (nSPS) is 29.5. The fraction of sp³-hybridized carbons (Fsp3) is 0.727. The quantitative estimate of drug-likeness (QED) is 0.845. The van der Waals surface area contributed by atoms with Crippen LogP contribution in [0.25, 0.3) is 0 Å². The first-order chi connectivity index (χ1) is 7.74. The first kappa shape index (κ1) is 9.81. The second-order valence-corrected chi connectivity index (χ2v) is 4.81. The third-order valence-electron chi connectivity index (χ3n) is 3.53. The summed E-state index contributed by atoms with van der Waals surface area (Å²) in [6.07, 6.45) is 4.52. The van der Waals surface area contributed by atoms with Gasteiger partial charge in [-0.15, -0.1) is 0 Å². The van der Waals surface area contributed by atoms with Crippen molar-refractivity contribution in [1.29, 1.82) is 0 Å². The van der Waals surface area contributed by atoms with Gasteiger partial charge in [-0.05, 0) is 32.1 Å². The Labute approximate surface area is 92.8 Å². The van der Waals surface area contributed by atoms with Gasteiger partial charge < -0.3 is 9.63 Å². The third-order valence-corrected chi connectivity index (χ3v) is 3.53. The van der Waals surface area contributed by atoms with Gasteiger partial charge in [-0.3, -0.25) is 4.79 Å². The highest BCUT2D eigenvalue weighted by Gasteiger charge is 2.35. The Balaban J connectivity index is 1.70. The van der Waals surface area contributed by atoms with Crippen molar-refractivity contribution in [2.75, 3.05) is 0 Å². The summed E-state index contributed by atoms with van der Waals surface area (Å²) in [6, 6.07) is 0. The number of aromatic nitrogens is 2. The zero-order chi connectivity index (χ0) is 11.1. The maximum absolute atomic E-state index is 10.8. The van der Waals surface area contributed by atoms with E-state index in [1.807, 2.05) is 0 Å². The van der Waals surface area contributed by atoms with Gasteiger partial charge in [0.25, 0.3) is 0 Å². The van der Waals surface area contributed by atoms with E-state index in [9.17, 15) is 4.79 Å². The monoisotopic (exact) mass is 222 g/mol. The number of aliphatic carboxylic acids is 1. The molecule has 5 nitrogen and oxygen atoms in total. The molecule has 2 saturated carbocycles. The molecule has 2 aliphatic carbocycles. The fourth-order valence-corrected chi connectivity index (χ4v) is 2.35. The van der Waals surface area contributed by atoms with E-state index in [4.69, 9.17) is 9.63 Å². The van der Waals surface area contributed by atoms with E-state index in [0.29, 0.717) is 18.2 Å². The van der Waals surface area contributed by atoms with Gasteiger partial charge in [0.1, 0.15) is 0 Å². The summed E-state index contributed by atoms with van der Waals surface area (Å²) < 4.78 is 5.22. The molecule has 16 heavy (non-hydrogen) atoms. The summed E-state index contributed by atoms with van der Waals surface area (Å²) in [4.78, 5) is 15.2. The van der Waals surface area contributed by atoms with Crippen molar-refractivity contribution >= 4 is 5.97 Å². The van der Waals surface area contributed by atoms with Crippen molar-refractivity contribution in [1.82, 2.24) is 10.1 Å². The van der Waals surface area contributed by atoms with Crippen LogP contribution in [0.4, 0.5) is 0 Å². The highest BCUT2D eigenvalue weighted by molar-refractivity contribution is 5.70. The van der Waals surface area contributed by atoms with Gasteiger partial charge >= 0.3 is 5.97 Å². The van der Waals surface area contributed by atoms with Gasteiger partial charge in [0, 0.05) is 11.8 Å². The Morgan fingerprint density at radius 3 is 2.62 bits per heavy atom. The van der Waals surface area contributed by atoms with Crippen LogP contribution in [0.1, 0.15) is 55.7 Å². The number of carboxylic acids is 1. The van der Waals surface area contributed by atoms with Crippen LogP contribution < -0.4 is 0 Å². The number of rotatable bonds is 3. The highest BCUT2D eigenvalue weighted by Crippen LogP contribution is 2.41. The molecular weight excluding hydrogens is 208 g/mol. The summed E-state index contributed by atoms with van der Waals surface area (Å²) in [5, 5.41) is 12.9. The zero-order valence-corrected chi connectivity index (χ0v) is 8.93. The summed E-state index contributed by atoms with van der Waals surface area (Å²) in [6.45, 7) is 0. The van der Waals surface area contributed by atoms with Gasteiger partial charge in [0.05, 0.1) is 5.92 Å². The lowest BCUT2D eigenvalue weighted by molar-refractivity contribution is -0.141. The van der Waals surface area contributed by atoms with Crippen molar-refractivity contribution < 1.29 is 14.4 Å². The van der Waals surface area contributed by atoms with Crippen molar-refractivity contribution in [2.24, 2.45) is 5.92 Å². The molecule has 86 valence electrons. The standard InChI is InChI=1S/C11H14N2O3/c14-11(15)8-4-3-7(5-8)10-12-9(13-16-10)6-1-2-6/h6-8H,1-5H2,(H,14,15). The Morgan fingerprint density at radius 2 is 2.00 bits per heavy atom. The third kappa shape index (κ3) is 1.70. The van der Waals surface area contributed by atoms with Crippen LogP contribution in [0.5, 0.6) is 0 Å². The van der Waals surface area contributed by atoms with Crippen LogP contribution in [-0.2, 0) is 4.79 Å². The molecule has 0 aromatic carbocycles. The molecule has 2 aliphatic rings. The van der Waals surface area contributed by atoms with Gasteiger partial charge in [-0.1, -0.05) is 5.16 Å². The van der Waals surface area contributed by atoms with Crippen molar-refractivity contribution in [2.45, 2.75) is 43.9 Å². The number of hydrogen-bond donors (Lipinski definition) is 1. The van der Waals surface area contributed by atoms with Crippen molar-refractivity contribution in [3.63, 3.8) is 0 Å². The largest absolute Gasteiger partial charge is 0.481 e. The minimum absolute atomic E-state index is 0.154. The molecule has 2 fully saturated rings. The first-order valence-electron chi connectivity index (χ1n) is 5.80. The lowest BCUT2D eigenvalue weighted by Crippen LogP contribution is -2.09. The zero-order valence-electron chi connectivity index (χ0n) is 8.93. The Kier molecular flexibility index (Phi) is 2.19. The molecule has 0 saturated heterocycles. The smallest absolute Gasteiger partial charge is 0.306 e. The molecule has 0 spiro atoms. The minimum atomic E-state index is -0.704. The molecule has 0 aliphatic heterocycles.